The highest BCUT2D eigenvalue weighted by molar-refractivity contribution is 6.33. The van der Waals surface area contributed by atoms with Crippen LogP contribution in [0.3, 0.4) is 0 Å². The minimum absolute atomic E-state index is 0.500. The predicted octanol–water partition coefficient (Wildman–Crippen LogP) is 5.03. The molecule has 3 nitrogen and oxygen atoms in total. The third-order valence-corrected chi connectivity index (χ3v) is 5.28. The first-order valence-electron chi connectivity index (χ1n) is 8.83. The smallest absolute Gasteiger partial charge is 0.0487 e. The molecule has 1 saturated heterocycles. The van der Waals surface area contributed by atoms with Gasteiger partial charge in [0.2, 0.25) is 0 Å². The molecule has 0 bridgehead atoms. The number of aromatic nitrogens is 1. The number of fused-ring (bicyclic) bond motifs is 1. The second-order valence-electron chi connectivity index (χ2n) is 6.72. The van der Waals surface area contributed by atoms with Crippen LogP contribution in [0.25, 0.3) is 21.9 Å². The minimum Gasteiger partial charge on any atom is -0.382 e. The van der Waals surface area contributed by atoms with Gasteiger partial charge in [-0.3, -0.25) is 4.98 Å². The van der Waals surface area contributed by atoms with Crippen LogP contribution in [0.4, 0.5) is 5.69 Å². The zero-order valence-corrected chi connectivity index (χ0v) is 15.1. The zero-order valence-electron chi connectivity index (χ0n) is 14.3. The van der Waals surface area contributed by atoms with E-state index in [0.29, 0.717) is 6.04 Å². The van der Waals surface area contributed by atoms with Gasteiger partial charge in [-0.05, 0) is 68.2 Å². The van der Waals surface area contributed by atoms with Gasteiger partial charge >= 0.3 is 0 Å². The molecule has 0 saturated carbocycles. The molecule has 1 aromatic heterocycles. The van der Waals surface area contributed by atoms with E-state index in [-0.39, 0.29) is 0 Å². The van der Waals surface area contributed by atoms with Crippen molar-refractivity contribution in [1.82, 2.24) is 10.3 Å². The van der Waals surface area contributed by atoms with Crippen LogP contribution < -0.4 is 10.6 Å². The second kappa shape index (κ2) is 7.03. The molecular weight excluding hydrogens is 330 g/mol. The Bertz CT molecular complexity index is 881. The number of benzene rings is 2. The summed E-state index contributed by atoms with van der Waals surface area (Å²) < 4.78 is 0. The lowest BCUT2D eigenvalue weighted by atomic mass is 9.96. The normalized spacial score (nSPS) is 15.4. The number of hydrogen-bond donors (Lipinski definition) is 2. The second-order valence-corrected chi connectivity index (χ2v) is 7.13. The van der Waals surface area contributed by atoms with E-state index in [9.17, 15) is 0 Å². The van der Waals surface area contributed by atoms with E-state index in [4.69, 9.17) is 11.6 Å². The molecule has 2 N–H and O–H groups in total. The lowest BCUT2D eigenvalue weighted by Crippen LogP contribution is -2.35. The van der Waals surface area contributed by atoms with Crippen LogP contribution in [0.2, 0.25) is 5.02 Å². The van der Waals surface area contributed by atoms with Crippen molar-refractivity contribution < 1.29 is 0 Å². The molecule has 4 rings (SSSR count). The molecule has 0 amide bonds. The summed E-state index contributed by atoms with van der Waals surface area (Å²) in [6.45, 7) is 4.25. The number of pyridine rings is 1. The number of piperidine rings is 1. The van der Waals surface area contributed by atoms with Crippen molar-refractivity contribution >= 4 is 28.1 Å². The number of nitrogens with zero attached hydrogens (tertiary/aromatic N) is 1. The van der Waals surface area contributed by atoms with E-state index in [1.807, 2.05) is 24.5 Å². The van der Waals surface area contributed by atoms with E-state index < -0.39 is 0 Å². The molecule has 1 aliphatic heterocycles. The van der Waals surface area contributed by atoms with Crippen molar-refractivity contribution in [3.63, 3.8) is 0 Å². The van der Waals surface area contributed by atoms with Gasteiger partial charge < -0.3 is 10.6 Å². The van der Waals surface area contributed by atoms with Gasteiger partial charge in [-0.2, -0.15) is 0 Å². The number of aryl methyl sites for hydroxylation is 1. The molecule has 0 unspecified atom stereocenters. The van der Waals surface area contributed by atoms with Crippen LogP contribution >= 0.6 is 11.6 Å². The first-order valence-corrected chi connectivity index (χ1v) is 9.21. The van der Waals surface area contributed by atoms with Gasteiger partial charge in [0.1, 0.15) is 0 Å². The fraction of sp³-hybridized carbons (Fsp3) is 0.286. The molecule has 25 heavy (non-hydrogen) atoms. The van der Waals surface area contributed by atoms with Gasteiger partial charge in [-0.25, -0.2) is 0 Å². The number of halogens is 1. The van der Waals surface area contributed by atoms with Crippen molar-refractivity contribution in [3.8, 4) is 11.1 Å². The SMILES string of the molecule is Cc1cccc(Cl)c1-c1cc(NC2CCNCC2)c2ccncc2c1. The molecule has 2 heterocycles. The molecule has 0 aliphatic carbocycles. The van der Waals surface area contributed by atoms with Crippen LogP contribution in [0, 0.1) is 6.92 Å². The van der Waals surface area contributed by atoms with Crippen LogP contribution in [-0.2, 0) is 0 Å². The number of anilines is 1. The van der Waals surface area contributed by atoms with Crippen molar-refractivity contribution in [3.05, 3.63) is 59.4 Å². The highest BCUT2D eigenvalue weighted by atomic mass is 35.5. The summed E-state index contributed by atoms with van der Waals surface area (Å²) in [6, 6.07) is 13.1. The Balaban J connectivity index is 1.83. The van der Waals surface area contributed by atoms with E-state index in [2.05, 4.69) is 46.8 Å². The summed E-state index contributed by atoms with van der Waals surface area (Å²) in [6.07, 6.45) is 6.07. The molecule has 4 heteroatoms. The summed E-state index contributed by atoms with van der Waals surface area (Å²) in [7, 11) is 0. The first-order chi connectivity index (χ1) is 12.2. The molecule has 0 spiro atoms. The average molecular weight is 352 g/mol. The first kappa shape index (κ1) is 16.4. The molecule has 0 radical (unpaired) electrons. The van der Waals surface area contributed by atoms with Crippen LogP contribution in [0.1, 0.15) is 18.4 Å². The summed E-state index contributed by atoms with van der Waals surface area (Å²) in [5.41, 5.74) is 4.59. The largest absolute Gasteiger partial charge is 0.382 e. The molecule has 128 valence electrons. The number of hydrogen-bond acceptors (Lipinski definition) is 3. The third-order valence-electron chi connectivity index (χ3n) is 4.96. The summed E-state index contributed by atoms with van der Waals surface area (Å²) >= 11 is 6.52. The molecule has 1 fully saturated rings. The maximum atomic E-state index is 6.52. The predicted molar refractivity (Wildman–Crippen MR) is 106 cm³/mol. The van der Waals surface area contributed by atoms with Crippen molar-refractivity contribution in [1.29, 1.82) is 0 Å². The minimum atomic E-state index is 0.500. The highest BCUT2D eigenvalue weighted by Gasteiger charge is 2.16. The van der Waals surface area contributed by atoms with Gasteiger partial charge in [0, 0.05) is 45.5 Å². The lowest BCUT2D eigenvalue weighted by Gasteiger charge is -2.26. The van der Waals surface area contributed by atoms with E-state index >= 15 is 0 Å². The zero-order chi connectivity index (χ0) is 17.2. The van der Waals surface area contributed by atoms with Gasteiger partial charge in [0.25, 0.3) is 0 Å². The lowest BCUT2D eigenvalue weighted by molar-refractivity contribution is 0.479. The quantitative estimate of drug-likeness (QED) is 0.695. The number of nitrogens with one attached hydrogen (secondary N) is 2. The van der Waals surface area contributed by atoms with Crippen LogP contribution in [0.5, 0.6) is 0 Å². The fourth-order valence-electron chi connectivity index (χ4n) is 3.66. The van der Waals surface area contributed by atoms with Crippen LogP contribution in [-0.4, -0.2) is 24.1 Å². The van der Waals surface area contributed by atoms with E-state index in [1.165, 1.54) is 16.6 Å². The summed E-state index contributed by atoms with van der Waals surface area (Å²) in [5.74, 6) is 0. The topological polar surface area (TPSA) is 37.0 Å². The maximum Gasteiger partial charge on any atom is 0.0487 e. The van der Waals surface area contributed by atoms with E-state index in [1.54, 1.807) is 0 Å². The van der Waals surface area contributed by atoms with Gasteiger partial charge in [-0.1, -0.05) is 23.7 Å². The fourth-order valence-corrected chi connectivity index (χ4v) is 3.99. The summed E-state index contributed by atoms with van der Waals surface area (Å²) in [4.78, 5) is 4.31. The van der Waals surface area contributed by atoms with E-state index in [0.717, 1.165) is 47.5 Å². The molecule has 3 aromatic rings. The molecule has 2 aromatic carbocycles. The Kier molecular flexibility index (Phi) is 4.60. The monoisotopic (exact) mass is 351 g/mol. The van der Waals surface area contributed by atoms with Crippen molar-refractivity contribution in [2.75, 3.05) is 18.4 Å². The maximum absolute atomic E-state index is 6.52. The Morgan fingerprint density at radius 2 is 2.00 bits per heavy atom. The standard InChI is InChI=1S/C21H22ClN3/c1-14-3-2-4-19(22)21(14)15-11-16-13-24-10-7-18(16)20(12-15)25-17-5-8-23-9-6-17/h2-4,7,10-13,17,23,25H,5-6,8-9H2,1H3. The molecular formula is C21H22ClN3. The Morgan fingerprint density at radius 1 is 1.16 bits per heavy atom. The van der Waals surface area contributed by atoms with Gasteiger partial charge in [0.15, 0.2) is 0 Å². The average Bonchev–Trinajstić information content (AvgIpc) is 2.62. The Hall–Kier alpha value is -2.10. The van der Waals surface area contributed by atoms with Crippen molar-refractivity contribution in [2.45, 2.75) is 25.8 Å². The Morgan fingerprint density at radius 3 is 2.80 bits per heavy atom. The van der Waals surface area contributed by atoms with Gasteiger partial charge in [0.05, 0.1) is 0 Å². The Labute approximate surface area is 153 Å². The summed E-state index contributed by atoms with van der Waals surface area (Å²) in [5, 5.41) is 10.3. The van der Waals surface area contributed by atoms with Crippen molar-refractivity contribution in [2.24, 2.45) is 0 Å². The van der Waals surface area contributed by atoms with Gasteiger partial charge in [-0.15, -0.1) is 0 Å². The molecule has 0 atom stereocenters. The molecule has 1 aliphatic rings. The van der Waals surface area contributed by atoms with Crippen LogP contribution in [0.15, 0.2) is 48.8 Å². The third kappa shape index (κ3) is 3.35. The highest BCUT2D eigenvalue weighted by Crippen LogP contribution is 2.36. The number of rotatable bonds is 3.